The van der Waals surface area contributed by atoms with Gasteiger partial charge in [-0.25, -0.2) is 4.98 Å². The molecule has 1 aromatic heterocycles. The smallest absolute Gasteiger partial charge is 0.373 e. The van der Waals surface area contributed by atoms with Gasteiger partial charge in [-0.3, -0.25) is 10.1 Å². The fourth-order valence-corrected chi connectivity index (χ4v) is 2.30. The Kier molecular flexibility index (Phi) is 5.43. The van der Waals surface area contributed by atoms with Crippen LogP contribution in [0, 0.1) is 46.6 Å². The summed E-state index contributed by atoms with van der Waals surface area (Å²) in [5.74, 6) is 0.0146. The van der Waals surface area contributed by atoms with E-state index >= 15 is 0 Å². The van der Waals surface area contributed by atoms with Crippen molar-refractivity contribution in [2.75, 3.05) is 18.0 Å². The third-order valence-electron chi connectivity index (χ3n) is 3.18. The van der Waals surface area contributed by atoms with E-state index in [1.165, 1.54) is 4.90 Å². The quantitative estimate of drug-likeness (QED) is 0.446. The minimum Gasteiger partial charge on any atom is -0.434 e. The van der Waals surface area contributed by atoms with Gasteiger partial charge in [0, 0.05) is 0 Å². The van der Waals surface area contributed by atoms with E-state index in [-0.39, 0.29) is 24.8 Å². The topological polar surface area (TPSA) is 129 Å². The summed E-state index contributed by atoms with van der Waals surface area (Å²) in [5.41, 5.74) is 1.37. The molecule has 2 aromatic rings. The van der Waals surface area contributed by atoms with Crippen molar-refractivity contribution in [2.24, 2.45) is 0 Å². The van der Waals surface area contributed by atoms with Crippen LogP contribution < -0.4 is 9.64 Å². The number of aromatic nitrogens is 2. The second-order valence-electron chi connectivity index (χ2n) is 5.21. The zero-order valence-corrected chi connectivity index (χ0v) is 13.6. The first-order chi connectivity index (χ1) is 12.0. The molecule has 126 valence electrons. The van der Waals surface area contributed by atoms with Crippen LogP contribution in [-0.4, -0.2) is 28.0 Å². The number of aryl methyl sites for hydroxylation is 2. The van der Waals surface area contributed by atoms with E-state index in [0.29, 0.717) is 5.75 Å². The molecule has 9 nitrogen and oxygen atoms in total. The molecule has 1 aromatic carbocycles. The van der Waals surface area contributed by atoms with E-state index in [2.05, 4.69) is 9.97 Å². The highest BCUT2D eigenvalue weighted by Gasteiger charge is 2.28. The number of nitriles is 2. The van der Waals surface area contributed by atoms with Crippen LogP contribution in [0.5, 0.6) is 11.6 Å². The van der Waals surface area contributed by atoms with Crippen LogP contribution in [0.3, 0.4) is 0 Å². The highest BCUT2D eigenvalue weighted by molar-refractivity contribution is 5.64. The lowest BCUT2D eigenvalue weighted by molar-refractivity contribution is -0.385. The molecule has 0 atom stereocenters. The summed E-state index contributed by atoms with van der Waals surface area (Å²) in [6.45, 7) is 3.30. The highest BCUT2D eigenvalue weighted by Crippen LogP contribution is 2.36. The molecule has 0 aliphatic heterocycles. The number of nitro groups is 1. The fourth-order valence-electron chi connectivity index (χ4n) is 2.30. The average Bonchev–Trinajstić information content (AvgIpc) is 2.53. The Bertz CT molecular complexity index is 848. The van der Waals surface area contributed by atoms with Crippen LogP contribution in [0.1, 0.15) is 11.1 Å². The maximum Gasteiger partial charge on any atom is 0.373 e. The molecular weight excluding hydrogens is 324 g/mol. The molecule has 0 saturated carbocycles. The monoisotopic (exact) mass is 338 g/mol. The van der Waals surface area contributed by atoms with Gasteiger partial charge in [0.05, 0.1) is 17.1 Å². The zero-order valence-electron chi connectivity index (χ0n) is 13.6. The number of ether oxygens (including phenoxy) is 1. The third-order valence-corrected chi connectivity index (χ3v) is 3.18. The van der Waals surface area contributed by atoms with Crippen molar-refractivity contribution in [2.45, 2.75) is 13.8 Å². The number of hydrogen-bond donors (Lipinski definition) is 0. The lowest BCUT2D eigenvalue weighted by Crippen LogP contribution is -2.26. The number of benzene rings is 1. The maximum atomic E-state index is 11.5. The van der Waals surface area contributed by atoms with Crippen LogP contribution in [0.4, 0.5) is 11.5 Å². The van der Waals surface area contributed by atoms with Crippen molar-refractivity contribution in [1.29, 1.82) is 10.5 Å². The summed E-state index contributed by atoms with van der Waals surface area (Å²) in [7, 11) is 0. The van der Waals surface area contributed by atoms with Crippen molar-refractivity contribution in [3.63, 3.8) is 0 Å². The van der Waals surface area contributed by atoms with Crippen molar-refractivity contribution >= 4 is 11.5 Å². The minimum absolute atomic E-state index is 0.137. The summed E-state index contributed by atoms with van der Waals surface area (Å²) in [6.07, 6.45) is 1.10. The lowest BCUT2D eigenvalue weighted by Gasteiger charge is -2.17. The Hall–Kier alpha value is -3.72. The molecule has 9 heteroatoms. The summed E-state index contributed by atoms with van der Waals surface area (Å²) >= 11 is 0. The Labute approximate surface area is 143 Å². The average molecular weight is 338 g/mol. The van der Waals surface area contributed by atoms with Gasteiger partial charge in [0.25, 0.3) is 0 Å². The van der Waals surface area contributed by atoms with E-state index in [1.807, 2.05) is 32.1 Å². The predicted molar refractivity (Wildman–Crippen MR) is 88.1 cm³/mol. The van der Waals surface area contributed by atoms with E-state index < -0.39 is 10.6 Å². The first-order valence-electron chi connectivity index (χ1n) is 7.20. The molecule has 0 saturated heterocycles. The lowest BCUT2D eigenvalue weighted by atomic mass is 10.1. The van der Waals surface area contributed by atoms with Gasteiger partial charge in [-0.15, -0.1) is 0 Å². The molecule has 0 bridgehead atoms. The molecular formula is C16H14N6O3. The number of nitrogens with zero attached hydrogens (tertiary/aromatic N) is 6. The van der Waals surface area contributed by atoms with Crippen LogP contribution in [0.15, 0.2) is 24.5 Å². The van der Waals surface area contributed by atoms with Crippen LogP contribution in [-0.2, 0) is 0 Å². The van der Waals surface area contributed by atoms with E-state index in [9.17, 15) is 10.1 Å². The minimum atomic E-state index is -0.685. The number of anilines is 1. The molecule has 0 unspecified atom stereocenters. The molecule has 0 fully saturated rings. The molecule has 0 aliphatic rings. The van der Waals surface area contributed by atoms with Gasteiger partial charge >= 0.3 is 11.6 Å². The van der Waals surface area contributed by atoms with E-state index in [4.69, 9.17) is 15.3 Å². The first-order valence-corrected chi connectivity index (χ1v) is 7.20. The summed E-state index contributed by atoms with van der Waals surface area (Å²) in [6, 6.07) is 9.09. The Morgan fingerprint density at radius 1 is 1.16 bits per heavy atom. The van der Waals surface area contributed by atoms with Crippen LogP contribution in [0.2, 0.25) is 0 Å². The normalized spacial score (nSPS) is 9.76. The summed E-state index contributed by atoms with van der Waals surface area (Å²) < 4.78 is 5.59. The predicted octanol–water partition coefficient (Wildman–Crippen LogP) is 2.65. The SMILES string of the molecule is Cc1cc(C)cc(Oc2ncnc(N(CC#N)CC#N)c2[N+](=O)[O-])c1. The Balaban J connectivity index is 2.52. The molecule has 0 spiro atoms. The molecule has 0 amide bonds. The fraction of sp³-hybridized carbons (Fsp3) is 0.250. The summed E-state index contributed by atoms with van der Waals surface area (Å²) in [5, 5.41) is 29.3. The molecule has 0 aliphatic carbocycles. The van der Waals surface area contributed by atoms with Gasteiger partial charge in [0.2, 0.25) is 5.82 Å². The largest absolute Gasteiger partial charge is 0.434 e. The second kappa shape index (κ2) is 7.70. The van der Waals surface area contributed by atoms with Crippen LogP contribution in [0.25, 0.3) is 0 Å². The first kappa shape index (κ1) is 17.6. The number of rotatable bonds is 6. The standard InChI is InChI=1S/C16H14N6O3/c1-11-7-12(2)9-13(8-11)25-16-14(22(23)24)15(19-10-20-16)21(5-3-17)6-4-18/h7-10H,5-6H2,1-2H3. The molecule has 0 N–H and O–H groups in total. The Morgan fingerprint density at radius 3 is 2.28 bits per heavy atom. The van der Waals surface area contributed by atoms with Crippen molar-refractivity contribution in [1.82, 2.24) is 9.97 Å². The van der Waals surface area contributed by atoms with E-state index in [0.717, 1.165) is 17.5 Å². The van der Waals surface area contributed by atoms with Crippen LogP contribution >= 0.6 is 0 Å². The second-order valence-corrected chi connectivity index (χ2v) is 5.21. The van der Waals surface area contributed by atoms with E-state index in [1.54, 1.807) is 12.1 Å². The molecule has 25 heavy (non-hydrogen) atoms. The van der Waals surface area contributed by atoms with Gasteiger partial charge < -0.3 is 9.64 Å². The van der Waals surface area contributed by atoms with Crippen molar-refractivity contribution in [3.8, 4) is 23.8 Å². The maximum absolute atomic E-state index is 11.5. The van der Waals surface area contributed by atoms with Crippen molar-refractivity contribution < 1.29 is 9.66 Å². The molecule has 0 radical (unpaired) electrons. The van der Waals surface area contributed by atoms with Crippen molar-refractivity contribution in [3.05, 3.63) is 45.8 Å². The molecule has 1 heterocycles. The van der Waals surface area contributed by atoms with Gasteiger partial charge in [0.1, 0.15) is 25.2 Å². The van der Waals surface area contributed by atoms with Gasteiger partial charge in [-0.2, -0.15) is 15.5 Å². The highest BCUT2D eigenvalue weighted by atomic mass is 16.6. The zero-order chi connectivity index (χ0) is 18.4. The number of hydrogen-bond acceptors (Lipinski definition) is 8. The Morgan fingerprint density at radius 2 is 1.76 bits per heavy atom. The van der Waals surface area contributed by atoms with Gasteiger partial charge in [0.15, 0.2) is 0 Å². The van der Waals surface area contributed by atoms with Gasteiger partial charge in [-0.05, 0) is 37.1 Å². The van der Waals surface area contributed by atoms with Gasteiger partial charge in [-0.1, -0.05) is 6.07 Å². The summed E-state index contributed by atoms with van der Waals surface area (Å²) in [4.78, 5) is 19.8. The third kappa shape index (κ3) is 4.18. The molecule has 2 rings (SSSR count).